The molecule has 17 heavy (non-hydrogen) atoms. The first-order valence-electron chi connectivity index (χ1n) is 5.99. The Kier molecular flexibility index (Phi) is 3.35. The van der Waals surface area contributed by atoms with Crippen molar-refractivity contribution in [1.82, 2.24) is 4.98 Å². The molecule has 1 atom stereocenters. The van der Waals surface area contributed by atoms with Crippen LogP contribution in [0.15, 0.2) is 18.3 Å². The van der Waals surface area contributed by atoms with Gasteiger partial charge in [0.1, 0.15) is 5.82 Å². The van der Waals surface area contributed by atoms with Crippen molar-refractivity contribution in [3.63, 3.8) is 0 Å². The first-order valence-corrected chi connectivity index (χ1v) is 5.99. The summed E-state index contributed by atoms with van der Waals surface area (Å²) >= 11 is 0. The Balaban J connectivity index is 2.20. The van der Waals surface area contributed by atoms with Gasteiger partial charge in [0.25, 0.3) is 0 Å². The minimum Gasteiger partial charge on any atom is -0.392 e. The number of hydrogen-bond donors (Lipinski definition) is 1. The van der Waals surface area contributed by atoms with Crippen molar-refractivity contribution in [3.8, 4) is 0 Å². The summed E-state index contributed by atoms with van der Waals surface area (Å²) in [6.45, 7) is 7.96. The van der Waals surface area contributed by atoms with Crippen molar-refractivity contribution in [1.29, 1.82) is 0 Å². The van der Waals surface area contributed by atoms with Gasteiger partial charge in [-0.15, -0.1) is 0 Å². The number of aliphatic hydroxyl groups excluding tert-OH is 1. The molecular formula is C13H20N2O2. The fourth-order valence-corrected chi connectivity index (χ4v) is 2.36. The molecule has 4 nitrogen and oxygen atoms in total. The van der Waals surface area contributed by atoms with Crippen LogP contribution in [0.2, 0.25) is 0 Å². The van der Waals surface area contributed by atoms with Crippen molar-refractivity contribution >= 4 is 5.82 Å². The molecule has 0 aliphatic carbocycles. The predicted octanol–water partition coefficient (Wildman–Crippen LogP) is 1.58. The molecule has 2 heterocycles. The minimum atomic E-state index is -0.158. The zero-order chi connectivity index (χ0) is 12.5. The van der Waals surface area contributed by atoms with Crippen LogP contribution in [0.1, 0.15) is 26.3 Å². The summed E-state index contributed by atoms with van der Waals surface area (Å²) in [5.41, 5.74) is 0.737. The lowest BCUT2D eigenvalue weighted by molar-refractivity contribution is -0.0751. The van der Waals surface area contributed by atoms with Gasteiger partial charge in [0.2, 0.25) is 0 Å². The maximum atomic E-state index is 9.14. The molecule has 2 rings (SSSR count). The zero-order valence-corrected chi connectivity index (χ0v) is 10.7. The topological polar surface area (TPSA) is 45.6 Å². The van der Waals surface area contributed by atoms with Crippen LogP contribution in [-0.2, 0) is 11.3 Å². The monoisotopic (exact) mass is 236 g/mol. The van der Waals surface area contributed by atoms with Crippen LogP contribution >= 0.6 is 0 Å². The number of rotatable bonds is 2. The van der Waals surface area contributed by atoms with E-state index < -0.39 is 0 Å². The predicted molar refractivity (Wildman–Crippen MR) is 67.0 cm³/mol. The Bertz CT molecular complexity index is 393. The van der Waals surface area contributed by atoms with Gasteiger partial charge in [-0.25, -0.2) is 4.98 Å². The fraction of sp³-hybridized carbons (Fsp3) is 0.615. The molecule has 1 N–H and O–H groups in total. The minimum absolute atomic E-state index is 0.0544. The van der Waals surface area contributed by atoms with E-state index in [0.29, 0.717) is 0 Å². The molecule has 1 aliphatic heterocycles. The Hall–Kier alpha value is -1.13. The van der Waals surface area contributed by atoms with E-state index in [1.54, 1.807) is 6.20 Å². The zero-order valence-electron chi connectivity index (χ0n) is 10.7. The molecule has 0 radical (unpaired) electrons. The van der Waals surface area contributed by atoms with E-state index >= 15 is 0 Å². The Morgan fingerprint density at radius 3 is 3.00 bits per heavy atom. The molecule has 0 spiro atoms. The summed E-state index contributed by atoms with van der Waals surface area (Å²) < 4.78 is 5.86. The largest absolute Gasteiger partial charge is 0.392 e. The number of pyridine rings is 1. The maximum Gasteiger partial charge on any atom is 0.129 e. The van der Waals surface area contributed by atoms with Crippen LogP contribution < -0.4 is 4.90 Å². The number of anilines is 1. The molecule has 1 unspecified atom stereocenters. The highest BCUT2D eigenvalue weighted by Crippen LogP contribution is 2.25. The van der Waals surface area contributed by atoms with Crippen molar-refractivity contribution in [2.24, 2.45) is 0 Å². The van der Waals surface area contributed by atoms with Crippen LogP contribution in [0.25, 0.3) is 0 Å². The molecular weight excluding hydrogens is 216 g/mol. The molecule has 0 bridgehead atoms. The number of morpholine rings is 1. The summed E-state index contributed by atoms with van der Waals surface area (Å²) in [6, 6.07) is 3.77. The third-order valence-electron chi connectivity index (χ3n) is 2.89. The first kappa shape index (κ1) is 12.3. The van der Waals surface area contributed by atoms with Gasteiger partial charge in [0.05, 0.1) is 18.3 Å². The van der Waals surface area contributed by atoms with Crippen LogP contribution in [0.3, 0.4) is 0 Å². The Morgan fingerprint density at radius 2 is 2.35 bits per heavy atom. The average Bonchev–Trinajstić information content (AvgIpc) is 2.26. The van der Waals surface area contributed by atoms with Crippen LogP contribution in [0.4, 0.5) is 5.82 Å². The lowest BCUT2D eigenvalue weighted by Gasteiger charge is -2.42. The standard InChI is InChI=1S/C13H20N2O2/c1-10-7-15(9-13(2,3)17-10)12-6-11(8-16)4-5-14-12/h4-6,10,16H,7-9H2,1-3H3. The second-order valence-corrected chi connectivity index (χ2v) is 5.25. The first-order chi connectivity index (χ1) is 8.00. The lowest BCUT2D eigenvalue weighted by atomic mass is 10.1. The molecule has 0 aromatic carbocycles. The molecule has 1 fully saturated rings. The van der Waals surface area contributed by atoms with Gasteiger partial charge in [0.15, 0.2) is 0 Å². The molecule has 1 saturated heterocycles. The third-order valence-corrected chi connectivity index (χ3v) is 2.89. The Morgan fingerprint density at radius 1 is 1.59 bits per heavy atom. The third kappa shape index (κ3) is 2.96. The Labute approximate surface area is 102 Å². The maximum absolute atomic E-state index is 9.14. The van der Waals surface area contributed by atoms with Gasteiger partial charge in [-0.3, -0.25) is 0 Å². The van der Waals surface area contributed by atoms with Gasteiger partial charge < -0.3 is 14.7 Å². The summed E-state index contributed by atoms with van der Waals surface area (Å²) in [4.78, 5) is 6.59. The molecule has 0 amide bonds. The van der Waals surface area contributed by atoms with E-state index in [4.69, 9.17) is 9.84 Å². The molecule has 4 heteroatoms. The normalized spacial score (nSPS) is 23.8. The number of aliphatic hydroxyl groups is 1. The summed E-state index contributed by atoms with van der Waals surface area (Å²) in [6.07, 6.45) is 1.94. The SMILES string of the molecule is CC1CN(c2cc(CO)ccn2)CC(C)(C)O1. The van der Waals surface area contributed by atoms with E-state index in [-0.39, 0.29) is 18.3 Å². The van der Waals surface area contributed by atoms with E-state index in [1.807, 2.05) is 12.1 Å². The van der Waals surface area contributed by atoms with Crippen molar-refractivity contribution < 1.29 is 9.84 Å². The van der Waals surface area contributed by atoms with E-state index in [1.165, 1.54) is 0 Å². The van der Waals surface area contributed by atoms with Crippen LogP contribution in [0.5, 0.6) is 0 Å². The highest BCUT2D eigenvalue weighted by atomic mass is 16.5. The fourth-order valence-electron chi connectivity index (χ4n) is 2.36. The average molecular weight is 236 g/mol. The number of nitrogens with zero attached hydrogens (tertiary/aromatic N) is 2. The molecule has 1 aromatic heterocycles. The highest BCUT2D eigenvalue weighted by Gasteiger charge is 2.31. The molecule has 94 valence electrons. The number of hydrogen-bond acceptors (Lipinski definition) is 4. The number of ether oxygens (including phenoxy) is 1. The van der Waals surface area contributed by atoms with E-state index in [2.05, 4.69) is 30.7 Å². The summed E-state index contributed by atoms with van der Waals surface area (Å²) in [5, 5.41) is 9.14. The summed E-state index contributed by atoms with van der Waals surface area (Å²) in [7, 11) is 0. The van der Waals surface area contributed by atoms with Crippen LogP contribution in [-0.4, -0.2) is 34.9 Å². The van der Waals surface area contributed by atoms with Gasteiger partial charge >= 0.3 is 0 Å². The van der Waals surface area contributed by atoms with Crippen LogP contribution in [0, 0.1) is 0 Å². The second kappa shape index (κ2) is 4.63. The van der Waals surface area contributed by atoms with E-state index in [9.17, 15) is 0 Å². The number of aromatic nitrogens is 1. The quantitative estimate of drug-likeness (QED) is 0.846. The molecule has 1 aromatic rings. The second-order valence-electron chi connectivity index (χ2n) is 5.25. The van der Waals surface area contributed by atoms with Gasteiger partial charge in [0, 0.05) is 19.3 Å². The van der Waals surface area contributed by atoms with E-state index in [0.717, 1.165) is 24.5 Å². The van der Waals surface area contributed by atoms with Crippen molar-refractivity contribution in [3.05, 3.63) is 23.9 Å². The van der Waals surface area contributed by atoms with Gasteiger partial charge in [-0.2, -0.15) is 0 Å². The van der Waals surface area contributed by atoms with Gasteiger partial charge in [-0.1, -0.05) is 0 Å². The highest BCUT2D eigenvalue weighted by molar-refractivity contribution is 5.42. The van der Waals surface area contributed by atoms with Crippen molar-refractivity contribution in [2.75, 3.05) is 18.0 Å². The molecule has 0 saturated carbocycles. The summed E-state index contributed by atoms with van der Waals surface area (Å²) in [5.74, 6) is 0.916. The van der Waals surface area contributed by atoms with Crippen molar-refractivity contribution in [2.45, 2.75) is 39.1 Å². The van der Waals surface area contributed by atoms with Gasteiger partial charge in [-0.05, 0) is 38.5 Å². The molecule has 1 aliphatic rings. The smallest absolute Gasteiger partial charge is 0.129 e. The lowest BCUT2D eigenvalue weighted by Crippen LogP contribution is -2.52.